The molecule has 1 fully saturated rings. The second-order valence-electron chi connectivity index (χ2n) is 7.21. The van der Waals surface area contributed by atoms with E-state index in [1.807, 2.05) is 42.5 Å². The van der Waals surface area contributed by atoms with Gasteiger partial charge < -0.3 is 14.7 Å². The number of aliphatic hydroxyl groups is 1. The van der Waals surface area contributed by atoms with Gasteiger partial charge in [-0.2, -0.15) is 0 Å². The monoisotopic (exact) mass is 441 g/mol. The van der Waals surface area contributed by atoms with Gasteiger partial charge in [0.25, 0.3) is 5.91 Å². The number of carbonyl (C=O) groups is 1. The molecule has 0 atom stereocenters. The Morgan fingerprint density at radius 2 is 1.81 bits per heavy atom. The van der Waals surface area contributed by atoms with Crippen molar-refractivity contribution in [2.45, 2.75) is 0 Å². The molecule has 1 aliphatic rings. The van der Waals surface area contributed by atoms with E-state index in [1.54, 1.807) is 22.8 Å². The van der Waals surface area contributed by atoms with Crippen LogP contribution >= 0.6 is 11.6 Å². The number of benzene rings is 2. The Morgan fingerprint density at radius 3 is 2.45 bits per heavy atom. The van der Waals surface area contributed by atoms with Crippen LogP contribution < -0.4 is 4.74 Å². The molecule has 8 nitrogen and oxygen atoms in total. The SMILES string of the molecule is COc1ccc(-c2nc(C(=O)N3CCN(CCO)CC3)nn2-c2ccccc2Cl)cc1. The largest absolute Gasteiger partial charge is 0.497 e. The Balaban J connectivity index is 1.68. The zero-order chi connectivity index (χ0) is 21.8. The summed E-state index contributed by atoms with van der Waals surface area (Å²) in [4.78, 5) is 21.6. The second-order valence-corrected chi connectivity index (χ2v) is 7.62. The lowest BCUT2D eigenvalue weighted by molar-refractivity contribution is 0.0603. The number of aliphatic hydroxyl groups excluding tert-OH is 1. The predicted molar refractivity (Wildman–Crippen MR) is 118 cm³/mol. The molecule has 2 aromatic carbocycles. The lowest BCUT2D eigenvalue weighted by Crippen LogP contribution is -2.49. The van der Waals surface area contributed by atoms with Gasteiger partial charge in [-0.25, -0.2) is 9.67 Å². The van der Waals surface area contributed by atoms with Crippen molar-refractivity contribution in [3.05, 3.63) is 59.4 Å². The average molecular weight is 442 g/mol. The fraction of sp³-hybridized carbons (Fsp3) is 0.318. The van der Waals surface area contributed by atoms with Crippen molar-refractivity contribution in [1.82, 2.24) is 24.6 Å². The topological polar surface area (TPSA) is 83.7 Å². The number of nitrogens with zero attached hydrogens (tertiary/aromatic N) is 5. The molecular formula is C22H24ClN5O3. The molecule has 0 unspecified atom stereocenters. The Labute approximate surface area is 185 Å². The fourth-order valence-electron chi connectivity index (χ4n) is 3.58. The molecule has 0 aliphatic carbocycles. The molecule has 2 heterocycles. The van der Waals surface area contributed by atoms with E-state index in [4.69, 9.17) is 21.4 Å². The van der Waals surface area contributed by atoms with E-state index in [0.29, 0.717) is 49.3 Å². The lowest BCUT2D eigenvalue weighted by Gasteiger charge is -2.33. The predicted octanol–water partition coefficient (Wildman–Crippen LogP) is 2.35. The maximum absolute atomic E-state index is 13.1. The fourth-order valence-corrected chi connectivity index (χ4v) is 3.79. The lowest BCUT2D eigenvalue weighted by atomic mass is 10.2. The van der Waals surface area contributed by atoms with E-state index in [9.17, 15) is 4.79 Å². The van der Waals surface area contributed by atoms with Crippen molar-refractivity contribution in [2.75, 3.05) is 46.4 Å². The molecule has 0 radical (unpaired) electrons. The van der Waals surface area contributed by atoms with Crippen LogP contribution in [0.15, 0.2) is 48.5 Å². The first kappa shape index (κ1) is 21.3. The van der Waals surface area contributed by atoms with Crippen molar-refractivity contribution in [3.8, 4) is 22.8 Å². The zero-order valence-electron chi connectivity index (χ0n) is 17.2. The highest BCUT2D eigenvalue weighted by molar-refractivity contribution is 6.32. The third kappa shape index (κ3) is 4.56. The quantitative estimate of drug-likeness (QED) is 0.632. The number of piperazine rings is 1. The van der Waals surface area contributed by atoms with Crippen molar-refractivity contribution >= 4 is 17.5 Å². The number of para-hydroxylation sites is 1. The van der Waals surface area contributed by atoms with Gasteiger partial charge in [0.05, 0.1) is 24.4 Å². The maximum atomic E-state index is 13.1. The van der Waals surface area contributed by atoms with Crippen molar-refractivity contribution in [3.63, 3.8) is 0 Å². The van der Waals surface area contributed by atoms with E-state index in [0.717, 1.165) is 11.3 Å². The third-order valence-corrected chi connectivity index (χ3v) is 5.62. The second kappa shape index (κ2) is 9.47. The highest BCUT2D eigenvalue weighted by atomic mass is 35.5. The summed E-state index contributed by atoms with van der Waals surface area (Å²) in [5, 5.41) is 14.2. The number of hydrogen-bond acceptors (Lipinski definition) is 6. The van der Waals surface area contributed by atoms with Crippen LogP contribution in [-0.2, 0) is 0 Å². The number of amides is 1. The van der Waals surface area contributed by atoms with Crippen LogP contribution in [0.3, 0.4) is 0 Å². The van der Waals surface area contributed by atoms with Crippen LogP contribution in [0.4, 0.5) is 0 Å². The number of halogens is 1. The molecule has 0 bridgehead atoms. The van der Waals surface area contributed by atoms with Gasteiger partial charge in [-0.3, -0.25) is 9.69 Å². The Bertz CT molecular complexity index is 1050. The van der Waals surface area contributed by atoms with E-state index in [1.165, 1.54) is 0 Å². The molecule has 0 spiro atoms. The molecule has 4 rings (SSSR count). The van der Waals surface area contributed by atoms with E-state index in [2.05, 4.69) is 15.0 Å². The van der Waals surface area contributed by atoms with Gasteiger partial charge in [-0.1, -0.05) is 23.7 Å². The van der Waals surface area contributed by atoms with Crippen LogP contribution in [0.1, 0.15) is 10.6 Å². The zero-order valence-corrected chi connectivity index (χ0v) is 18.0. The summed E-state index contributed by atoms with van der Waals surface area (Å²) in [6.45, 7) is 3.28. The van der Waals surface area contributed by atoms with E-state index < -0.39 is 0 Å². The minimum absolute atomic E-state index is 0.114. The van der Waals surface area contributed by atoms with Gasteiger partial charge in [-0.15, -0.1) is 5.10 Å². The molecular weight excluding hydrogens is 418 g/mol. The number of ether oxygens (including phenoxy) is 1. The number of methoxy groups -OCH3 is 1. The summed E-state index contributed by atoms with van der Waals surface area (Å²) in [7, 11) is 1.61. The van der Waals surface area contributed by atoms with Crippen LogP contribution in [0.5, 0.6) is 5.75 Å². The minimum atomic E-state index is -0.218. The van der Waals surface area contributed by atoms with Crippen LogP contribution in [0.2, 0.25) is 5.02 Å². The Hall–Kier alpha value is -2.94. The standard InChI is InChI=1S/C22H24ClN5O3/c1-31-17-8-6-16(7-9-17)21-24-20(25-28(21)19-5-3-2-4-18(19)23)22(30)27-12-10-26(11-13-27)14-15-29/h2-9,29H,10-15H2,1H3. The molecule has 0 saturated carbocycles. The average Bonchev–Trinajstić information content (AvgIpc) is 3.25. The first-order valence-corrected chi connectivity index (χ1v) is 10.5. The summed E-state index contributed by atoms with van der Waals surface area (Å²) in [5.74, 6) is 1.16. The van der Waals surface area contributed by atoms with Crippen molar-refractivity contribution < 1.29 is 14.6 Å². The Kier molecular flexibility index (Phi) is 6.50. The van der Waals surface area contributed by atoms with Crippen molar-refractivity contribution in [1.29, 1.82) is 0 Å². The van der Waals surface area contributed by atoms with Crippen LogP contribution in [-0.4, -0.2) is 82.0 Å². The van der Waals surface area contributed by atoms with Crippen molar-refractivity contribution in [2.24, 2.45) is 0 Å². The first-order chi connectivity index (χ1) is 15.1. The van der Waals surface area contributed by atoms with Crippen LogP contribution in [0, 0.1) is 0 Å². The number of aromatic nitrogens is 3. The molecule has 1 aliphatic heterocycles. The highest BCUT2D eigenvalue weighted by Crippen LogP contribution is 2.27. The number of carbonyl (C=O) groups excluding carboxylic acids is 1. The number of β-amino-alcohol motifs (C(OH)–C–C–N with tert-alkyl or cyclic N) is 1. The van der Waals surface area contributed by atoms with Crippen LogP contribution in [0.25, 0.3) is 17.1 Å². The van der Waals surface area contributed by atoms with Gasteiger partial charge in [-0.05, 0) is 36.4 Å². The van der Waals surface area contributed by atoms with Gasteiger partial charge in [0, 0.05) is 38.3 Å². The smallest absolute Gasteiger partial charge is 0.293 e. The van der Waals surface area contributed by atoms with Gasteiger partial charge in [0.2, 0.25) is 5.82 Å². The summed E-state index contributed by atoms with van der Waals surface area (Å²) in [5.41, 5.74) is 1.44. The summed E-state index contributed by atoms with van der Waals surface area (Å²) >= 11 is 6.42. The van der Waals surface area contributed by atoms with E-state index in [-0.39, 0.29) is 18.3 Å². The Morgan fingerprint density at radius 1 is 1.10 bits per heavy atom. The molecule has 1 N–H and O–H groups in total. The first-order valence-electron chi connectivity index (χ1n) is 10.1. The molecule has 9 heteroatoms. The third-order valence-electron chi connectivity index (χ3n) is 5.30. The minimum Gasteiger partial charge on any atom is -0.497 e. The summed E-state index contributed by atoms with van der Waals surface area (Å²) in [6, 6.07) is 14.7. The number of rotatable bonds is 6. The van der Waals surface area contributed by atoms with Gasteiger partial charge in [0.1, 0.15) is 5.75 Å². The summed E-state index contributed by atoms with van der Waals surface area (Å²) in [6.07, 6.45) is 0. The summed E-state index contributed by atoms with van der Waals surface area (Å²) < 4.78 is 6.85. The maximum Gasteiger partial charge on any atom is 0.293 e. The van der Waals surface area contributed by atoms with E-state index >= 15 is 0 Å². The normalized spacial score (nSPS) is 14.6. The molecule has 1 amide bonds. The molecule has 1 aromatic heterocycles. The number of hydrogen-bond donors (Lipinski definition) is 1. The molecule has 162 valence electrons. The molecule has 31 heavy (non-hydrogen) atoms. The molecule has 1 saturated heterocycles. The molecule has 3 aromatic rings. The van der Waals surface area contributed by atoms with Gasteiger partial charge >= 0.3 is 0 Å². The van der Waals surface area contributed by atoms with Gasteiger partial charge in [0.15, 0.2) is 5.82 Å². The highest BCUT2D eigenvalue weighted by Gasteiger charge is 2.27.